The number of aromatic nitrogens is 2. The van der Waals surface area contributed by atoms with Crippen LogP contribution in [0, 0.1) is 0 Å². The van der Waals surface area contributed by atoms with E-state index in [1.807, 2.05) is 0 Å². The molecule has 0 saturated carbocycles. The van der Waals surface area contributed by atoms with Crippen molar-refractivity contribution in [2.75, 3.05) is 20.3 Å². The van der Waals surface area contributed by atoms with Gasteiger partial charge in [0, 0.05) is 25.0 Å². The van der Waals surface area contributed by atoms with E-state index in [1.54, 1.807) is 7.11 Å². The Hall–Kier alpha value is -1.40. The second-order valence-electron chi connectivity index (χ2n) is 5.10. The lowest BCUT2D eigenvalue weighted by Gasteiger charge is -2.30. The Bertz CT molecular complexity index is 472. The van der Waals surface area contributed by atoms with Crippen LogP contribution in [0.5, 0.6) is 0 Å². The maximum Gasteiger partial charge on any atom is 0.272 e. The van der Waals surface area contributed by atoms with Gasteiger partial charge in [-0.2, -0.15) is 5.10 Å². The minimum Gasteiger partial charge on any atom is -0.379 e. The highest BCUT2D eigenvalue weighted by molar-refractivity contribution is 5.94. The number of fused-ring (bicyclic) bond motifs is 1. The van der Waals surface area contributed by atoms with Crippen molar-refractivity contribution in [2.24, 2.45) is 0 Å². The van der Waals surface area contributed by atoms with E-state index in [2.05, 4.69) is 15.5 Å². The van der Waals surface area contributed by atoms with Gasteiger partial charge in [-0.1, -0.05) is 0 Å². The van der Waals surface area contributed by atoms with Crippen LogP contribution >= 0.6 is 0 Å². The topological polar surface area (TPSA) is 76.2 Å². The first-order valence-corrected chi connectivity index (χ1v) is 6.77. The second kappa shape index (κ2) is 5.30. The highest BCUT2D eigenvalue weighted by atomic mass is 16.5. The smallest absolute Gasteiger partial charge is 0.272 e. The van der Waals surface area contributed by atoms with Gasteiger partial charge in [0.2, 0.25) is 0 Å². The summed E-state index contributed by atoms with van der Waals surface area (Å²) in [5.74, 6) is -0.103. The summed E-state index contributed by atoms with van der Waals surface area (Å²) >= 11 is 0. The van der Waals surface area contributed by atoms with Crippen LogP contribution in [0.25, 0.3) is 0 Å². The van der Waals surface area contributed by atoms with Gasteiger partial charge in [-0.15, -0.1) is 0 Å². The third-order valence-electron chi connectivity index (χ3n) is 3.94. The Morgan fingerprint density at radius 1 is 1.53 bits per heavy atom. The van der Waals surface area contributed by atoms with E-state index in [0.29, 0.717) is 18.9 Å². The van der Waals surface area contributed by atoms with Crippen LogP contribution in [0.15, 0.2) is 0 Å². The summed E-state index contributed by atoms with van der Waals surface area (Å²) in [4.78, 5) is 12.3. The molecule has 0 unspecified atom stereocenters. The number of hydrogen-bond acceptors (Lipinski definition) is 4. The molecule has 19 heavy (non-hydrogen) atoms. The largest absolute Gasteiger partial charge is 0.379 e. The highest BCUT2D eigenvalue weighted by Crippen LogP contribution is 2.23. The summed E-state index contributed by atoms with van der Waals surface area (Å²) in [5.41, 5.74) is 2.74. The predicted octanol–water partition coefficient (Wildman–Crippen LogP) is 0.432. The number of carbonyl (C=O) groups is 1. The van der Waals surface area contributed by atoms with Gasteiger partial charge in [0.15, 0.2) is 5.69 Å². The van der Waals surface area contributed by atoms with Crippen LogP contribution in [0.2, 0.25) is 0 Å². The molecule has 0 spiro atoms. The summed E-state index contributed by atoms with van der Waals surface area (Å²) in [6.45, 7) is 1.18. The van der Waals surface area contributed by atoms with Crippen molar-refractivity contribution in [2.45, 2.75) is 37.8 Å². The second-order valence-corrected chi connectivity index (χ2v) is 5.10. The summed E-state index contributed by atoms with van der Waals surface area (Å²) in [6.07, 6.45) is 3.73. The molecule has 104 valence electrons. The van der Waals surface area contributed by atoms with Gasteiger partial charge in [-0.25, -0.2) is 0 Å². The fourth-order valence-corrected chi connectivity index (χ4v) is 2.85. The van der Waals surface area contributed by atoms with Crippen LogP contribution in [-0.2, 0) is 22.3 Å². The molecule has 2 heterocycles. The first-order valence-electron chi connectivity index (χ1n) is 6.77. The summed E-state index contributed by atoms with van der Waals surface area (Å²) in [7, 11) is 1.64. The number of hydrogen-bond donors (Lipinski definition) is 2. The molecule has 1 fully saturated rings. The molecule has 2 N–H and O–H groups in total. The fraction of sp³-hybridized carbons (Fsp3) is 0.692. The van der Waals surface area contributed by atoms with Gasteiger partial charge >= 0.3 is 0 Å². The molecule has 3 rings (SSSR count). The van der Waals surface area contributed by atoms with Crippen LogP contribution in [0.3, 0.4) is 0 Å². The Morgan fingerprint density at radius 3 is 3.26 bits per heavy atom. The Balaban J connectivity index is 1.70. The van der Waals surface area contributed by atoms with E-state index in [9.17, 15) is 4.79 Å². The van der Waals surface area contributed by atoms with Gasteiger partial charge in [0.1, 0.15) is 6.10 Å². The van der Waals surface area contributed by atoms with Crippen LogP contribution in [-0.4, -0.2) is 48.6 Å². The van der Waals surface area contributed by atoms with Crippen LogP contribution in [0.1, 0.15) is 34.6 Å². The molecular formula is C13H19N3O3. The lowest BCUT2D eigenvalue weighted by Crippen LogP contribution is -2.49. The molecule has 0 radical (unpaired) electrons. The molecule has 1 amide bonds. The number of H-pyrrole nitrogens is 1. The van der Waals surface area contributed by atoms with Gasteiger partial charge in [-0.05, 0) is 25.7 Å². The summed E-state index contributed by atoms with van der Waals surface area (Å²) < 4.78 is 10.7. The zero-order chi connectivity index (χ0) is 13.2. The average Bonchev–Trinajstić information content (AvgIpc) is 3.01. The molecule has 1 aromatic rings. The maximum atomic E-state index is 12.3. The SMILES string of the molecule is CO[C@@H]1COCC[C@H]1NC(=O)c1n[nH]c2c1CCC2. The van der Waals surface area contributed by atoms with Crippen molar-refractivity contribution in [1.29, 1.82) is 0 Å². The average molecular weight is 265 g/mol. The lowest BCUT2D eigenvalue weighted by molar-refractivity contribution is -0.0479. The number of methoxy groups -OCH3 is 1. The van der Waals surface area contributed by atoms with E-state index in [-0.39, 0.29) is 18.1 Å². The number of rotatable bonds is 3. The van der Waals surface area contributed by atoms with Crippen molar-refractivity contribution in [1.82, 2.24) is 15.5 Å². The molecule has 1 saturated heterocycles. The van der Waals surface area contributed by atoms with Crippen molar-refractivity contribution < 1.29 is 14.3 Å². The molecule has 6 nitrogen and oxygen atoms in total. The monoisotopic (exact) mass is 265 g/mol. The standard InChI is InChI=1S/C13H19N3O3/c1-18-11-7-19-6-5-10(11)14-13(17)12-8-3-2-4-9(8)15-16-12/h10-11H,2-7H2,1H3,(H,14,17)(H,15,16)/t10-,11-/m1/s1. The van der Waals surface area contributed by atoms with Crippen molar-refractivity contribution in [3.8, 4) is 0 Å². The van der Waals surface area contributed by atoms with E-state index >= 15 is 0 Å². The molecule has 1 aliphatic carbocycles. The maximum absolute atomic E-state index is 12.3. The molecule has 2 atom stereocenters. The molecule has 1 aliphatic heterocycles. The van der Waals surface area contributed by atoms with Crippen LogP contribution in [0.4, 0.5) is 0 Å². The third-order valence-corrected chi connectivity index (χ3v) is 3.94. The summed E-state index contributed by atoms with van der Waals surface area (Å²) in [5, 5.41) is 10.1. The zero-order valence-electron chi connectivity index (χ0n) is 11.1. The normalized spacial score (nSPS) is 26.2. The van der Waals surface area contributed by atoms with Crippen molar-refractivity contribution in [3.05, 3.63) is 17.0 Å². The van der Waals surface area contributed by atoms with Crippen molar-refractivity contribution >= 4 is 5.91 Å². The minimum atomic E-state index is -0.103. The Labute approximate surface area is 111 Å². The first kappa shape index (κ1) is 12.6. The fourth-order valence-electron chi connectivity index (χ4n) is 2.85. The molecule has 6 heteroatoms. The quantitative estimate of drug-likeness (QED) is 0.831. The number of nitrogens with one attached hydrogen (secondary N) is 2. The Kier molecular flexibility index (Phi) is 3.52. The lowest BCUT2D eigenvalue weighted by atomic mass is 10.1. The zero-order valence-corrected chi connectivity index (χ0v) is 11.1. The van der Waals surface area contributed by atoms with Gasteiger partial charge < -0.3 is 14.8 Å². The number of ether oxygens (including phenoxy) is 2. The molecule has 0 bridgehead atoms. The number of aromatic amines is 1. The third kappa shape index (κ3) is 2.37. The summed E-state index contributed by atoms with van der Waals surface area (Å²) in [6, 6.07) is 0.00000283. The molecular weight excluding hydrogens is 246 g/mol. The van der Waals surface area contributed by atoms with E-state index in [0.717, 1.165) is 36.9 Å². The van der Waals surface area contributed by atoms with E-state index in [4.69, 9.17) is 9.47 Å². The molecule has 0 aromatic carbocycles. The number of amides is 1. The first-order chi connectivity index (χ1) is 9.29. The predicted molar refractivity (Wildman–Crippen MR) is 68.1 cm³/mol. The number of carbonyl (C=O) groups excluding carboxylic acids is 1. The van der Waals surface area contributed by atoms with E-state index in [1.165, 1.54) is 0 Å². The number of nitrogens with zero attached hydrogens (tertiary/aromatic N) is 1. The van der Waals surface area contributed by atoms with Gasteiger partial charge in [-0.3, -0.25) is 9.89 Å². The molecule has 2 aliphatic rings. The number of aryl methyl sites for hydroxylation is 1. The van der Waals surface area contributed by atoms with E-state index < -0.39 is 0 Å². The molecule has 1 aromatic heterocycles. The van der Waals surface area contributed by atoms with Gasteiger partial charge in [0.05, 0.1) is 12.6 Å². The highest BCUT2D eigenvalue weighted by Gasteiger charge is 2.30. The minimum absolute atomic E-state index is 0.00000283. The van der Waals surface area contributed by atoms with Crippen LogP contribution < -0.4 is 5.32 Å². The van der Waals surface area contributed by atoms with Crippen molar-refractivity contribution in [3.63, 3.8) is 0 Å². The van der Waals surface area contributed by atoms with Gasteiger partial charge in [0.25, 0.3) is 5.91 Å². The Morgan fingerprint density at radius 2 is 2.42 bits per heavy atom.